The van der Waals surface area contributed by atoms with E-state index in [0.717, 1.165) is 0 Å². The van der Waals surface area contributed by atoms with Gasteiger partial charge in [0.1, 0.15) is 11.5 Å². The van der Waals surface area contributed by atoms with Gasteiger partial charge >= 0.3 is 0 Å². The lowest BCUT2D eigenvalue weighted by Crippen LogP contribution is -2.06. The minimum absolute atomic E-state index is 0.220. The Morgan fingerprint density at radius 3 is 2.53 bits per heavy atom. The van der Waals surface area contributed by atoms with Crippen LogP contribution in [0.5, 0.6) is 11.5 Å². The molecule has 5 nitrogen and oxygen atoms in total. The van der Waals surface area contributed by atoms with Crippen molar-refractivity contribution in [3.8, 4) is 11.5 Å². The molecule has 0 saturated heterocycles. The van der Waals surface area contributed by atoms with Crippen LogP contribution < -0.4 is 15.2 Å². The first-order chi connectivity index (χ1) is 9.15. The SMILES string of the molecule is COc1cncc(C(=O)c2cc(OC)ccc2N)c1. The molecular formula is C14H14N2O3. The highest BCUT2D eigenvalue weighted by atomic mass is 16.5. The predicted octanol–water partition coefficient (Wildman–Crippen LogP) is 1.91. The number of methoxy groups -OCH3 is 2. The third-order valence-corrected chi connectivity index (χ3v) is 2.72. The number of rotatable bonds is 4. The first kappa shape index (κ1) is 12.9. The third kappa shape index (κ3) is 2.65. The second-order valence-corrected chi connectivity index (χ2v) is 3.90. The number of anilines is 1. The van der Waals surface area contributed by atoms with Crippen molar-refractivity contribution in [1.29, 1.82) is 0 Å². The normalized spacial score (nSPS) is 10.0. The summed E-state index contributed by atoms with van der Waals surface area (Å²) >= 11 is 0. The van der Waals surface area contributed by atoms with Gasteiger partial charge in [0, 0.05) is 23.0 Å². The van der Waals surface area contributed by atoms with E-state index in [4.69, 9.17) is 15.2 Å². The van der Waals surface area contributed by atoms with E-state index in [1.807, 2.05) is 0 Å². The average molecular weight is 258 g/mol. The molecule has 1 aromatic heterocycles. The standard InChI is InChI=1S/C14H14N2O3/c1-18-10-3-4-13(15)12(6-10)14(17)9-5-11(19-2)8-16-7-9/h3-8H,15H2,1-2H3. The molecule has 0 fully saturated rings. The van der Waals surface area contributed by atoms with Gasteiger partial charge < -0.3 is 15.2 Å². The van der Waals surface area contributed by atoms with E-state index in [-0.39, 0.29) is 5.78 Å². The minimum Gasteiger partial charge on any atom is -0.497 e. The Labute approximate surface area is 111 Å². The van der Waals surface area contributed by atoms with Crippen molar-refractivity contribution in [2.24, 2.45) is 0 Å². The Bertz CT molecular complexity index is 611. The number of ketones is 1. The van der Waals surface area contributed by atoms with Crippen molar-refractivity contribution in [3.63, 3.8) is 0 Å². The van der Waals surface area contributed by atoms with Crippen molar-refractivity contribution >= 4 is 11.5 Å². The van der Waals surface area contributed by atoms with E-state index < -0.39 is 0 Å². The number of hydrogen-bond donors (Lipinski definition) is 1. The maximum absolute atomic E-state index is 12.4. The van der Waals surface area contributed by atoms with Crippen LogP contribution in [0.3, 0.4) is 0 Å². The fraction of sp³-hybridized carbons (Fsp3) is 0.143. The highest BCUT2D eigenvalue weighted by Crippen LogP contribution is 2.23. The summed E-state index contributed by atoms with van der Waals surface area (Å²) in [6, 6.07) is 6.57. The van der Waals surface area contributed by atoms with Crippen LogP contribution in [0.2, 0.25) is 0 Å². The van der Waals surface area contributed by atoms with Crippen LogP contribution in [0.25, 0.3) is 0 Å². The van der Waals surface area contributed by atoms with E-state index in [0.29, 0.717) is 28.3 Å². The lowest BCUT2D eigenvalue weighted by atomic mass is 10.0. The van der Waals surface area contributed by atoms with Gasteiger partial charge in [-0.05, 0) is 24.3 Å². The van der Waals surface area contributed by atoms with E-state index in [1.165, 1.54) is 26.6 Å². The Morgan fingerprint density at radius 1 is 1.11 bits per heavy atom. The molecule has 19 heavy (non-hydrogen) atoms. The third-order valence-electron chi connectivity index (χ3n) is 2.72. The van der Waals surface area contributed by atoms with Crippen molar-refractivity contribution < 1.29 is 14.3 Å². The van der Waals surface area contributed by atoms with Gasteiger partial charge in [0.05, 0.1) is 20.4 Å². The Hall–Kier alpha value is -2.56. The highest BCUT2D eigenvalue weighted by molar-refractivity contribution is 6.12. The maximum atomic E-state index is 12.4. The summed E-state index contributed by atoms with van der Waals surface area (Å²) in [7, 11) is 3.05. The van der Waals surface area contributed by atoms with E-state index in [2.05, 4.69) is 4.98 Å². The molecule has 1 aromatic carbocycles. The Balaban J connectivity index is 2.43. The molecule has 2 N–H and O–H groups in total. The first-order valence-electron chi connectivity index (χ1n) is 5.63. The maximum Gasteiger partial charge on any atom is 0.196 e. The van der Waals surface area contributed by atoms with Gasteiger partial charge in [-0.25, -0.2) is 0 Å². The second-order valence-electron chi connectivity index (χ2n) is 3.90. The van der Waals surface area contributed by atoms with Crippen LogP contribution in [-0.4, -0.2) is 25.0 Å². The van der Waals surface area contributed by atoms with Gasteiger partial charge in [-0.3, -0.25) is 9.78 Å². The average Bonchev–Trinajstić information content (AvgIpc) is 2.47. The summed E-state index contributed by atoms with van der Waals surface area (Å²) < 4.78 is 10.1. The number of benzene rings is 1. The number of nitrogens with zero attached hydrogens (tertiary/aromatic N) is 1. The van der Waals surface area contributed by atoms with Gasteiger partial charge in [0.25, 0.3) is 0 Å². The summed E-state index contributed by atoms with van der Waals surface area (Å²) in [4.78, 5) is 16.3. The number of pyridine rings is 1. The van der Waals surface area contributed by atoms with Crippen LogP contribution in [0.4, 0.5) is 5.69 Å². The molecule has 0 amide bonds. The lowest BCUT2D eigenvalue weighted by molar-refractivity contribution is 0.103. The summed E-state index contributed by atoms with van der Waals surface area (Å²) in [6.45, 7) is 0. The molecule has 98 valence electrons. The zero-order valence-electron chi connectivity index (χ0n) is 10.7. The van der Waals surface area contributed by atoms with Crippen molar-refractivity contribution in [2.45, 2.75) is 0 Å². The van der Waals surface area contributed by atoms with Crippen LogP contribution in [0.1, 0.15) is 15.9 Å². The molecule has 2 rings (SSSR count). The van der Waals surface area contributed by atoms with E-state index >= 15 is 0 Å². The summed E-state index contributed by atoms with van der Waals surface area (Å²) in [5.74, 6) is 0.878. The molecule has 1 heterocycles. The zero-order valence-corrected chi connectivity index (χ0v) is 10.7. The lowest BCUT2D eigenvalue weighted by Gasteiger charge is -2.08. The fourth-order valence-electron chi connectivity index (χ4n) is 1.67. The monoisotopic (exact) mass is 258 g/mol. The van der Waals surface area contributed by atoms with Crippen LogP contribution in [0, 0.1) is 0 Å². The quantitative estimate of drug-likeness (QED) is 0.669. The molecular weight excluding hydrogens is 244 g/mol. The topological polar surface area (TPSA) is 74.4 Å². The van der Waals surface area contributed by atoms with Gasteiger partial charge in [-0.15, -0.1) is 0 Å². The van der Waals surface area contributed by atoms with E-state index in [1.54, 1.807) is 24.3 Å². The first-order valence-corrected chi connectivity index (χ1v) is 5.63. The molecule has 0 saturated carbocycles. The molecule has 2 aromatic rings. The number of ether oxygens (including phenoxy) is 2. The van der Waals surface area contributed by atoms with Crippen LogP contribution in [-0.2, 0) is 0 Å². The molecule has 5 heteroatoms. The molecule has 0 bridgehead atoms. The Kier molecular flexibility index (Phi) is 3.66. The minimum atomic E-state index is -0.220. The predicted molar refractivity (Wildman–Crippen MR) is 71.6 cm³/mol. The summed E-state index contributed by atoms with van der Waals surface area (Å²) in [5, 5.41) is 0. The number of carbonyl (C=O) groups excluding carboxylic acids is 1. The Morgan fingerprint density at radius 2 is 1.84 bits per heavy atom. The number of nitrogens with two attached hydrogens (primary N) is 1. The van der Waals surface area contributed by atoms with E-state index in [9.17, 15) is 4.79 Å². The summed E-state index contributed by atoms with van der Waals surface area (Å²) in [5.41, 5.74) is 7.02. The molecule has 0 atom stereocenters. The molecule has 0 spiro atoms. The van der Waals surface area contributed by atoms with Gasteiger partial charge in [0.15, 0.2) is 5.78 Å². The largest absolute Gasteiger partial charge is 0.497 e. The second kappa shape index (κ2) is 5.39. The van der Waals surface area contributed by atoms with Crippen molar-refractivity contribution in [2.75, 3.05) is 20.0 Å². The van der Waals surface area contributed by atoms with Crippen LogP contribution >= 0.6 is 0 Å². The van der Waals surface area contributed by atoms with Gasteiger partial charge in [-0.1, -0.05) is 0 Å². The summed E-state index contributed by atoms with van der Waals surface area (Å²) in [6.07, 6.45) is 3.01. The van der Waals surface area contributed by atoms with Crippen molar-refractivity contribution in [3.05, 3.63) is 47.8 Å². The molecule has 0 aliphatic heterocycles. The molecule has 0 aliphatic rings. The molecule has 0 radical (unpaired) electrons. The van der Waals surface area contributed by atoms with Crippen LogP contribution in [0.15, 0.2) is 36.7 Å². The smallest absolute Gasteiger partial charge is 0.196 e. The highest BCUT2D eigenvalue weighted by Gasteiger charge is 2.14. The van der Waals surface area contributed by atoms with Gasteiger partial charge in [-0.2, -0.15) is 0 Å². The molecule has 0 unspecified atom stereocenters. The van der Waals surface area contributed by atoms with Crippen molar-refractivity contribution in [1.82, 2.24) is 4.98 Å². The number of nitrogen functional groups attached to an aromatic ring is 1. The zero-order chi connectivity index (χ0) is 13.8. The number of aromatic nitrogens is 1. The number of carbonyl (C=O) groups is 1. The number of hydrogen-bond acceptors (Lipinski definition) is 5. The fourth-order valence-corrected chi connectivity index (χ4v) is 1.67. The molecule has 0 aliphatic carbocycles. The van der Waals surface area contributed by atoms with Gasteiger partial charge in [0.2, 0.25) is 0 Å².